The number of thiophene rings is 1. The number of hydrogen-bond donors (Lipinski definition) is 1. The average molecular weight is 271 g/mol. The Morgan fingerprint density at radius 1 is 1.50 bits per heavy atom. The van der Waals surface area contributed by atoms with Gasteiger partial charge in [-0.3, -0.25) is 4.79 Å². The number of carbonyl (C=O) groups excluding carboxylic acids is 1. The second kappa shape index (κ2) is 3.71. The molecule has 0 saturated carbocycles. The zero-order valence-corrected chi connectivity index (χ0v) is 9.56. The number of hydrogen-bond acceptors (Lipinski definition) is 3. The highest BCUT2D eigenvalue weighted by molar-refractivity contribution is 9.08. The lowest BCUT2D eigenvalue weighted by atomic mass is 10.1. The fourth-order valence-electron chi connectivity index (χ4n) is 1.36. The number of carbonyl (C=O) groups is 1. The molecule has 0 unspecified atom stereocenters. The third-order valence-electron chi connectivity index (χ3n) is 2.04. The maximum absolute atomic E-state index is 10.7. The van der Waals surface area contributed by atoms with E-state index in [-0.39, 0.29) is 5.75 Å². The van der Waals surface area contributed by atoms with E-state index in [1.807, 2.05) is 6.07 Å². The largest absolute Gasteiger partial charge is 0.506 e. The van der Waals surface area contributed by atoms with Gasteiger partial charge in [-0.15, -0.1) is 11.3 Å². The normalized spacial score (nSPS) is 10.6. The van der Waals surface area contributed by atoms with Crippen molar-refractivity contribution in [1.82, 2.24) is 0 Å². The van der Waals surface area contributed by atoms with Crippen LogP contribution in [0.25, 0.3) is 10.1 Å². The van der Waals surface area contributed by atoms with Crippen molar-refractivity contribution in [3.05, 3.63) is 28.6 Å². The molecule has 0 spiro atoms. The van der Waals surface area contributed by atoms with Gasteiger partial charge in [0.05, 0.1) is 4.88 Å². The summed E-state index contributed by atoms with van der Waals surface area (Å²) in [4.78, 5) is 11.6. The number of halogens is 1. The van der Waals surface area contributed by atoms with Crippen LogP contribution in [0.15, 0.2) is 18.2 Å². The van der Waals surface area contributed by atoms with Crippen LogP contribution in [-0.2, 0) is 5.33 Å². The van der Waals surface area contributed by atoms with Gasteiger partial charge in [0.15, 0.2) is 6.29 Å². The number of alkyl halides is 1. The van der Waals surface area contributed by atoms with Crippen LogP contribution < -0.4 is 0 Å². The third-order valence-corrected chi connectivity index (χ3v) is 4.21. The van der Waals surface area contributed by atoms with Gasteiger partial charge in [-0.05, 0) is 6.07 Å². The lowest BCUT2D eigenvalue weighted by molar-refractivity contribution is 0.112. The van der Waals surface area contributed by atoms with Gasteiger partial charge in [0, 0.05) is 21.0 Å². The van der Waals surface area contributed by atoms with E-state index < -0.39 is 0 Å². The van der Waals surface area contributed by atoms with Crippen LogP contribution in [0.2, 0.25) is 0 Å². The molecule has 1 heterocycles. The molecule has 0 amide bonds. The molecule has 2 rings (SSSR count). The molecule has 0 fully saturated rings. The number of aldehydes is 1. The Balaban J connectivity index is 2.83. The number of aromatic hydroxyl groups is 1. The van der Waals surface area contributed by atoms with E-state index in [2.05, 4.69) is 15.9 Å². The van der Waals surface area contributed by atoms with Crippen molar-refractivity contribution in [3.63, 3.8) is 0 Å². The first-order valence-corrected chi connectivity index (χ1v) is 5.96. The number of benzene rings is 1. The molecule has 1 N–H and O–H groups in total. The summed E-state index contributed by atoms with van der Waals surface area (Å²) < 4.78 is 0.856. The van der Waals surface area contributed by atoms with Gasteiger partial charge in [0.2, 0.25) is 0 Å². The minimum absolute atomic E-state index is 0.283. The van der Waals surface area contributed by atoms with Gasteiger partial charge in [0.1, 0.15) is 5.75 Å². The predicted molar refractivity (Wildman–Crippen MR) is 61.5 cm³/mol. The zero-order valence-electron chi connectivity index (χ0n) is 7.16. The van der Waals surface area contributed by atoms with Crippen molar-refractivity contribution >= 4 is 43.6 Å². The highest BCUT2D eigenvalue weighted by Gasteiger charge is 2.11. The second-order valence-electron chi connectivity index (χ2n) is 2.85. The van der Waals surface area contributed by atoms with Gasteiger partial charge in [0.25, 0.3) is 0 Å². The van der Waals surface area contributed by atoms with Gasteiger partial charge in [-0.2, -0.15) is 0 Å². The smallest absolute Gasteiger partial charge is 0.151 e. The first kappa shape index (κ1) is 9.68. The predicted octanol–water partition coefficient (Wildman–Crippen LogP) is 3.31. The molecule has 2 nitrogen and oxygen atoms in total. The molecule has 1 aromatic heterocycles. The lowest BCUT2D eigenvalue weighted by Crippen LogP contribution is -1.77. The summed E-state index contributed by atoms with van der Waals surface area (Å²) in [5.74, 6) is 0.283. The molecule has 0 aliphatic carbocycles. The van der Waals surface area contributed by atoms with Crippen molar-refractivity contribution in [2.75, 3.05) is 0 Å². The van der Waals surface area contributed by atoms with E-state index in [1.165, 1.54) is 11.3 Å². The molecule has 0 aliphatic rings. The molecule has 0 aliphatic heterocycles. The molecular weight excluding hydrogens is 264 g/mol. The van der Waals surface area contributed by atoms with Gasteiger partial charge in [-0.1, -0.05) is 28.1 Å². The fraction of sp³-hybridized carbons (Fsp3) is 0.100. The average Bonchev–Trinajstić information content (AvgIpc) is 2.55. The van der Waals surface area contributed by atoms with Crippen LogP contribution in [0.4, 0.5) is 0 Å². The Hall–Kier alpha value is -0.870. The van der Waals surface area contributed by atoms with E-state index in [0.717, 1.165) is 21.2 Å². The standard InChI is InChI=1S/C10H7BrO2S/c11-4-8-9(13)7-3-1-2-6(5-12)10(7)14-8/h1-3,5,13H,4H2. The van der Waals surface area contributed by atoms with Crippen molar-refractivity contribution in [2.24, 2.45) is 0 Å². The molecule has 0 atom stereocenters. The third kappa shape index (κ3) is 1.35. The van der Waals surface area contributed by atoms with Crippen LogP contribution in [0.3, 0.4) is 0 Å². The van der Waals surface area contributed by atoms with E-state index in [0.29, 0.717) is 10.9 Å². The summed E-state index contributed by atoms with van der Waals surface area (Å²) in [5, 5.41) is 11.1. The molecule has 0 saturated heterocycles. The topological polar surface area (TPSA) is 37.3 Å². The molecular formula is C10H7BrO2S. The molecule has 2 aromatic rings. The summed E-state index contributed by atoms with van der Waals surface area (Å²) in [6, 6.07) is 5.35. The zero-order chi connectivity index (χ0) is 10.1. The van der Waals surface area contributed by atoms with Crippen LogP contribution in [0, 0.1) is 0 Å². The SMILES string of the molecule is O=Cc1cccc2c(O)c(CBr)sc12. The minimum Gasteiger partial charge on any atom is -0.506 e. The first-order chi connectivity index (χ1) is 6.77. The van der Waals surface area contributed by atoms with Crippen LogP contribution in [0.5, 0.6) is 5.75 Å². The maximum Gasteiger partial charge on any atom is 0.151 e. The van der Waals surface area contributed by atoms with Crippen molar-refractivity contribution in [1.29, 1.82) is 0 Å². The van der Waals surface area contributed by atoms with Crippen molar-refractivity contribution < 1.29 is 9.90 Å². The van der Waals surface area contributed by atoms with Gasteiger partial charge >= 0.3 is 0 Å². The van der Waals surface area contributed by atoms with Crippen LogP contribution >= 0.6 is 27.3 Å². The molecule has 0 radical (unpaired) electrons. The van der Waals surface area contributed by atoms with E-state index in [1.54, 1.807) is 12.1 Å². The van der Waals surface area contributed by atoms with E-state index in [9.17, 15) is 9.90 Å². The highest BCUT2D eigenvalue weighted by Crippen LogP contribution is 2.39. The molecule has 4 heteroatoms. The van der Waals surface area contributed by atoms with E-state index >= 15 is 0 Å². The lowest BCUT2D eigenvalue weighted by Gasteiger charge is -1.92. The molecule has 0 bridgehead atoms. The number of rotatable bonds is 2. The van der Waals surface area contributed by atoms with Crippen LogP contribution in [-0.4, -0.2) is 11.4 Å². The monoisotopic (exact) mass is 270 g/mol. The Labute approximate surface area is 93.3 Å². The maximum atomic E-state index is 10.7. The van der Waals surface area contributed by atoms with Gasteiger partial charge < -0.3 is 5.11 Å². The Morgan fingerprint density at radius 3 is 2.93 bits per heavy atom. The van der Waals surface area contributed by atoms with Crippen molar-refractivity contribution in [3.8, 4) is 5.75 Å². The fourth-order valence-corrected chi connectivity index (χ4v) is 2.99. The summed E-state index contributed by atoms with van der Waals surface area (Å²) in [5.41, 5.74) is 0.634. The van der Waals surface area contributed by atoms with Gasteiger partial charge in [-0.25, -0.2) is 0 Å². The molecule has 1 aromatic carbocycles. The Kier molecular flexibility index (Phi) is 2.56. The highest BCUT2D eigenvalue weighted by atomic mass is 79.9. The minimum atomic E-state index is 0.283. The summed E-state index contributed by atoms with van der Waals surface area (Å²) in [7, 11) is 0. The summed E-state index contributed by atoms with van der Waals surface area (Å²) >= 11 is 4.74. The number of fused-ring (bicyclic) bond motifs is 1. The summed E-state index contributed by atoms with van der Waals surface area (Å²) in [6.45, 7) is 0. The molecule has 14 heavy (non-hydrogen) atoms. The van der Waals surface area contributed by atoms with Crippen molar-refractivity contribution in [2.45, 2.75) is 5.33 Å². The van der Waals surface area contributed by atoms with E-state index in [4.69, 9.17) is 0 Å². The first-order valence-electron chi connectivity index (χ1n) is 4.02. The Morgan fingerprint density at radius 2 is 2.29 bits per heavy atom. The summed E-state index contributed by atoms with van der Waals surface area (Å²) in [6.07, 6.45) is 0.816. The second-order valence-corrected chi connectivity index (χ2v) is 4.52. The quantitative estimate of drug-likeness (QED) is 0.672. The Bertz CT molecular complexity index is 490. The molecule has 72 valence electrons. The van der Waals surface area contributed by atoms with Crippen LogP contribution in [0.1, 0.15) is 15.2 Å².